The Kier molecular flexibility index (Phi) is 5.96. The summed E-state index contributed by atoms with van der Waals surface area (Å²) in [6, 6.07) is 0. The van der Waals surface area contributed by atoms with Gasteiger partial charge in [0.05, 0.1) is 6.10 Å². The van der Waals surface area contributed by atoms with Crippen molar-refractivity contribution in [3.05, 3.63) is 0 Å². The molecule has 0 saturated carbocycles. The molecule has 0 saturated heterocycles. The van der Waals surface area contributed by atoms with Crippen LogP contribution in [0.5, 0.6) is 0 Å². The van der Waals surface area contributed by atoms with Gasteiger partial charge < -0.3 is 26.1 Å². The second kappa shape index (κ2) is 6.23. The molecule has 0 rings (SSSR count). The number of carbonyl (C=O) groups excluding carboxylic acids is 1. The first kappa shape index (κ1) is 10.5. The summed E-state index contributed by atoms with van der Waals surface area (Å²) in [5, 5.41) is 20.5. The van der Waals surface area contributed by atoms with Gasteiger partial charge in [0.15, 0.2) is 6.29 Å². The first-order chi connectivity index (χ1) is 5.22. The third-order valence-electron chi connectivity index (χ3n) is 1.21. The SMILES string of the molecule is NCCNCC(O)C(O)C=O. The number of hydrogen-bond donors (Lipinski definition) is 4. The maximum Gasteiger partial charge on any atom is 0.151 e. The van der Waals surface area contributed by atoms with Gasteiger partial charge in [-0.3, -0.25) is 0 Å². The molecule has 0 spiro atoms. The molecule has 5 N–H and O–H groups in total. The minimum Gasteiger partial charge on any atom is -0.389 e. The predicted molar refractivity (Wildman–Crippen MR) is 40.0 cm³/mol. The Bertz CT molecular complexity index is 110. The van der Waals surface area contributed by atoms with Crippen molar-refractivity contribution in [2.45, 2.75) is 12.2 Å². The molecule has 0 aromatic heterocycles. The molecule has 11 heavy (non-hydrogen) atoms. The van der Waals surface area contributed by atoms with Crippen molar-refractivity contribution in [3.63, 3.8) is 0 Å². The lowest BCUT2D eigenvalue weighted by Crippen LogP contribution is -2.38. The molecule has 0 radical (unpaired) electrons. The minimum atomic E-state index is -1.31. The Morgan fingerprint density at radius 3 is 2.64 bits per heavy atom. The Balaban J connectivity index is 3.35. The van der Waals surface area contributed by atoms with Crippen LogP contribution in [0.2, 0.25) is 0 Å². The highest BCUT2D eigenvalue weighted by atomic mass is 16.3. The zero-order valence-corrected chi connectivity index (χ0v) is 6.23. The number of aliphatic hydroxyl groups is 2. The van der Waals surface area contributed by atoms with Crippen LogP contribution >= 0.6 is 0 Å². The zero-order valence-electron chi connectivity index (χ0n) is 6.23. The molecule has 0 aliphatic carbocycles. The van der Waals surface area contributed by atoms with Gasteiger partial charge in [0.25, 0.3) is 0 Å². The fraction of sp³-hybridized carbons (Fsp3) is 0.833. The summed E-state index contributed by atoms with van der Waals surface area (Å²) < 4.78 is 0. The van der Waals surface area contributed by atoms with E-state index < -0.39 is 12.2 Å². The molecule has 0 fully saturated rings. The van der Waals surface area contributed by atoms with Crippen LogP contribution in [0.1, 0.15) is 0 Å². The van der Waals surface area contributed by atoms with Crippen LogP contribution in [0.25, 0.3) is 0 Å². The number of aliphatic hydroxyl groups excluding tert-OH is 2. The Morgan fingerprint density at radius 2 is 2.18 bits per heavy atom. The third kappa shape index (κ3) is 4.86. The highest BCUT2D eigenvalue weighted by molar-refractivity contribution is 5.56. The van der Waals surface area contributed by atoms with E-state index >= 15 is 0 Å². The van der Waals surface area contributed by atoms with Gasteiger partial charge in [-0.25, -0.2) is 0 Å². The summed E-state index contributed by atoms with van der Waals surface area (Å²) in [6.07, 6.45) is -2.05. The maximum atomic E-state index is 9.92. The van der Waals surface area contributed by atoms with E-state index in [0.29, 0.717) is 19.4 Å². The van der Waals surface area contributed by atoms with Crippen LogP contribution in [0.4, 0.5) is 0 Å². The van der Waals surface area contributed by atoms with Crippen molar-refractivity contribution in [2.24, 2.45) is 5.73 Å². The lowest BCUT2D eigenvalue weighted by molar-refractivity contribution is -0.119. The molecule has 66 valence electrons. The van der Waals surface area contributed by atoms with E-state index in [4.69, 9.17) is 15.9 Å². The van der Waals surface area contributed by atoms with Crippen molar-refractivity contribution >= 4 is 6.29 Å². The van der Waals surface area contributed by atoms with E-state index in [9.17, 15) is 4.79 Å². The average molecular weight is 162 g/mol. The first-order valence-electron chi connectivity index (χ1n) is 3.44. The topological polar surface area (TPSA) is 95.6 Å². The molecule has 5 nitrogen and oxygen atoms in total. The van der Waals surface area contributed by atoms with Gasteiger partial charge in [0.1, 0.15) is 6.10 Å². The van der Waals surface area contributed by atoms with Crippen molar-refractivity contribution in [1.82, 2.24) is 5.32 Å². The summed E-state index contributed by atoms with van der Waals surface area (Å²) in [5.74, 6) is 0. The lowest BCUT2D eigenvalue weighted by atomic mass is 10.2. The van der Waals surface area contributed by atoms with Gasteiger partial charge in [-0.05, 0) is 0 Å². The fourth-order valence-electron chi connectivity index (χ4n) is 0.563. The number of hydrogen-bond acceptors (Lipinski definition) is 5. The van der Waals surface area contributed by atoms with E-state index in [1.807, 2.05) is 0 Å². The number of aldehydes is 1. The molecule has 0 aliphatic rings. The highest BCUT2D eigenvalue weighted by Gasteiger charge is 2.13. The fourth-order valence-corrected chi connectivity index (χ4v) is 0.563. The lowest BCUT2D eigenvalue weighted by Gasteiger charge is -2.12. The summed E-state index contributed by atoms with van der Waals surface area (Å²) in [5.41, 5.74) is 5.15. The number of rotatable bonds is 6. The van der Waals surface area contributed by atoms with Gasteiger partial charge >= 0.3 is 0 Å². The van der Waals surface area contributed by atoms with Crippen LogP contribution in [0, 0.1) is 0 Å². The molecule has 2 atom stereocenters. The number of nitrogens with one attached hydrogen (secondary N) is 1. The minimum absolute atomic E-state index is 0.178. The molecule has 0 aromatic rings. The van der Waals surface area contributed by atoms with Crippen molar-refractivity contribution in [1.29, 1.82) is 0 Å². The molecular formula is C6H14N2O3. The molecular weight excluding hydrogens is 148 g/mol. The van der Waals surface area contributed by atoms with Gasteiger partial charge in [-0.15, -0.1) is 0 Å². The molecule has 5 heteroatoms. The van der Waals surface area contributed by atoms with Crippen LogP contribution in [-0.4, -0.2) is 48.3 Å². The summed E-state index contributed by atoms with van der Waals surface area (Å²) in [6.45, 7) is 1.20. The van der Waals surface area contributed by atoms with Crippen LogP contribution < -0.4 is 11.1 Å². The van der Waals surface area contributed by atoms with E-state index in [2.05, 4.69) is 5.32 Å². The van der Waals surface area contributed by atoms with Crippen LogP contribution in [0.15, 0.2) is 0 Å². The first-order valence-corrected chi connectivity index (χ1v) is 3.44. The normalized spacial score (nSPS) is 15.9. The van der Waals surface area contributed by atoms with Crippen LogP contribution in [0.3, 0.4) is 0 Å². The summed E-state index contributed by atoms with van der Waals surface area (Å²) in [4.78, 5) is 9.92. The van der Waals surface area contributed by atoms with Gasteiger partial charge in [0.2, 0.25) is 0 Å². The molecule has 0 bridgehead atoms. The van der Waals surface area contributed by atoms with Gasteiger partial charge in [-0.2, -0.15) is 0 Å². The largest absolute Gasteiger partial charge is 0.389 e. The molecule has 0 aromatic carbocycles. The van der Waals surface area contributed by atoms with E-state index in [-0.39, 0.29) is 6.54 Å². The Labute approximate surface area is 65.2 Å². The van der Waals surface area contributed by atoms with Gasteiger partial charge in [-0.1, -0.05) is 0 Å². The summed E-state index contributed by atoms with van der Waals surface area (Å²) in [7, 11) is 0. The van der Waals surface area contributed by atoms with Gasteiger partial charge in [0, 0.05) is 19.6 Å². The molecule has 0 heterocycles. The van der Waals surface area contributed by atoms with Crippen molar-refractivity contribution in [3.8, 4) is 0 Å². The number of nitrogens with two attached hydrogens (primary N) is 1. The summed E-state index contributed by atoms with van der Waals surface area (Å²) >= 11 is 0. The van der Waals surface area contributed by atoms with Crippen molar-refractivity contribution < 1.29 is 15.0 Å². The molecule has 2 unspecified atom stereocenters. The predicted octanol–water partition coefficient (Wildman–Crippen LogP) is -2.54. The quantitative estimate of drug-likeness (QED) is 0.255. The third-order valence-corrected chi connectivity index (χ3v) is 1.21. The standard InChI is InChI=1S/C6H14N2O3/c7-1-2-8-3-5(10)6(11)4-9/h4-6,8,10-11H,1-3,7H2. The Hall–Kier alpha value is -0.490. The molecule has 0 aliphatic heterocycles. The van der Waals surface area contributed by atoms with E-state index in [0.717, 1.165) is 0 Å². The highest BCUT2D eigenvalue weighted by Crippen LogP contribution is 1.86. The number of carbonyl (C=O) groups is 1. The second-order valence-electron chi connectivity index (χ2n) is 2.19. The monoisotopic (exact) mass is 162 g/mol. The maximum absolute atomic E-state index is 9.92. The molecule has 0 amide bonds. The van der Waals surface area contributed by atoms with E-state index in [1.165, 1.54) is 0 Å². The zero-order chi connectivity index (χ0) is 8.69. The van der Waals surface area contributed by atoms with E-state index in [1.54, 1.807) is 0 Å². The average Bonchev–Trinajstić information content (AvgIpc) is 2.03. The Morgan fingerprint density at radius 1 is 1.55 bits per heavy atom. The van der Waals surface area contributed by atoms with Crippen LogP contribution in [-0.2, 0) is 4.79 Å². The smallest absolute Gasteiger partial charge is 0.151 e. The second-order valence-corrected chi connectivity index (χ2v) is 2.19. The van der Waals surface area contributed by atoms with Crippen molar-refractivity contribution in [2.75, 3.05) is 19.6 Å².